The highest BCUT2D eigenvalue weighted by Gasteiger charge is 2.28. The zero-order valence-corrected chi connectivity index (χ0v) is 16.4. The molecule has 0 saturated carbocycles. The van der Waals surface area contributed by atoms with E-state index < -0.39 is 0 Å². The Balaban J connectivity index is 1.22. The van der Waals surface area contributed by atoms with Crippen LogP contribution in [0.3, 0.4) is 0 Å². The maximum absolute atomic E-state index is 6.25. The van der Waals surface area contributed by atoms with Gasteiger partial charge in [-0.05, 0) is 55.0 Å². The molecule has 146 valence electrons. The van der Waals surface area contributed by atoms with E-state index in [0.29, 0.717) is 12.3 Å². The first-order valence-corrected chi connectivity index (χ1v) is 10.3. The van der Waals surface area contributed by atoms with E-state index in [4.69, 9.17) is 9.47 Å². The summed E-state index contributed by atoms with van der Waals surface area (Å²) in [6.45, 7) is 3.05. The second-order valence-electron chi connectivity index (χ2n) is 7.89. The van der Waals surface area contributed by atoms with Crippen molar-refractivity contribution < 1.29 is 9.47 Å². The molecule has 0 radical (unpaired) electrons. The molecule has 3 heterocycles. The molecule has 2 fully saturated rings. The largest absolute Gasteiger partial charge is 0.490 e. The Morgan fingerprint density at radius 2 is 1.79 bits per heavy atom. The van der Waals surface area contributed by atoms with Crippen LogP contribution in [0.15, 0.2) is 48.7 Å². The monoisotopic (exact) mass is 377 g/mol. The predicted molar refractivity (Wildman–Crippen MR) is 110 cm³/mol. The highest BCUT2D eigenvalue weighted by Crippen LogP contribution is 2.28. The number of aromatic nitrogens is 2. The molecule has 5 nitrogen and oxygen atoms in total. The van der Waals surface area contributed by atoms with Crippen LogP contribution in [-0.4, -0.2) is 46.7 Å². The summed E-state index contributed by atoms with van der Waals surface area (Å²) >= 11 is 0. The summed E-state index contributed by atoms with van der Waals surface area (Å²) in [5.41, 5.74) is 3.55. The second-order valence-corrected chi connectivity index (χ2v) is 7.89. The molecule has 1 atom stereocenters. The van der Waals surface area contributed by atoms with Gasteiger partial charge < -0.3 is 9.47 Å². The van der Waals surface area contributed by atoms with E-state index in [0.717, 1.165) is 43.8 Å². The van der Waals surface area contributed by atoms with Crippen LogP contribution in [0.25, 0.3) is 22.0 Å². The summed E-state index contributed by atoms with van der Waals surface area (Å²) in [7, 11) is 1.98. The number of fused-ring (bicyclic) bond motifs is 1. The summed E-state index contributed by atoms with van der Waals surface area (Å²) in [6.07, 6.45) is 7.06. The maximum Gasteiger partial charge on any atom is 0.119 e. The molecule has 3 aromatic rings. The molecule has 2 aromatic carbocycles. The Labute approximate surface area is 165 Å². The van der Waals surface area contributed by atoms with Gasteiger partial charge in [0.25, 0.3) is 0 Å². The van der Waals surface area contributed by atoms with Crippen LogP contribution in [0.5, 0.6) is 5.75 Å². The minimum Gasteiger partial charge on any atom is -0.490 e. The van der Waals surface area contributed by atoms with E-state index in [1.54, 1.807) is 0 Å². The zero-order valence-electron chi connectivity index (χ0n) is 16.4. The summed E-state index contributed by atoms with van der Waals surface area (Å²) in [5, 5.41) is 5.49. The first kappa shape index (κ1) is 17.7. The van der Waals surface area contributed by atoms with Gasteiger partial charge in [0.05, 0.1) is 11.7 Å². The molecule has 0 bridgehead atoms. The minimum absolute atomic E-state index is 0.300. The van der Waals surface area contributed by atoms with Crippen molar-refractivity contribution in [1.29, 1.82) is 0 Å². The highest BCUT2D eigenvalue weighted by atomic mass is 16.5. The lowest BCUT2D eigenvalue weighted by Gasteiger charge is -2.35. The van der Waals surface area contributed by atoms with Crippen molar-refractivity contribution in [3.8, 4) is 16.9 Å². The summed E-state index contributed by atoms with van der Waals surface area (Å²) in [5.74, 6) is 0.959. The fraction of sp³-hybridized carbons (Fsp3) is 0.435. The van der Waals surface area contributed by atoms with Crippen LogP contribution < -0.4 is 4.74 Å². The molecule has 0 amide bonds. The van der Waals surface area contributed by atoms with Gasteiger partial charge in [0, 0.05) is 32.1 Å². The molecule has 28 heavy (non-hydrogen) atoms. The SMILES string of the molecule is Cn1ncc2ccc(-c3ccc(OC4CCN(C5CCCO5)CC4)cc3)cc21. The van der Waals surface area contributed by atoms with Crippen LogP contribution in [0.4, 0.5) is 0 Å². The summed E-state index contributed by atoms with van der Waals surface area (Å²) in [4.78, 5) is 2.48. The smallest absolute Gasteiger partial charge is 0.119 e. The molecule has 2 aliphatic rings. The van der Waals surface area contributed by atoms with Gasteiger partial charge in [-0.25, -0.2) is 0 Å². The van der Waals surface area contributed by atoms with Gasteiger partial charge in [0.2, 0.25) is 0 Å². The van der Waals surface area contributed by atoms with Crippen molar-refractivity contribution in [1.82, 2.24) is 14.7 Å². The van der Waals surface area contributed by atoms with E-state index in [9.17, 15) is 0 Å². The first-order valence-electron chi connectivity index (χ1n) is 10.3. The van der Waals surface area contributed by atoms with E-state index in [-0.39, 0.29) is 0 Å². The van der Waals surface area contributed by atoms with Crippen molar-refractivity contribution in [3.05, 3.63) is 48.7 Å². The molecular formula is C23H27N3O2. The van der Waals surface area contributed by atoms with Crippen LogP contribution in [0.1, 0.15) is 25.7 Å². The normalized spacial score (nSPS) is 21.4. The van der Waals surface area contributed by atoms with E-state index in [1.807, 2.05) is 17.9 Å². The maximum atomic E-state index is 6.25. The zero-order chi connectivity index (χ0) is 18.9. The summed E-state index contributed by atoms with van der Waals surface area (Å²) < 4.78 is 14.0. The number of benzene rings is 2. The van der Waals surface area contributed by atoms with Crippen LogP contribution in [0.2, 0.25) is 0 Å². The molecule has 2 saturated heterocycles. The topological polar surface area (TPSA) is 39.5 Å². The van der Waals surface area contributed by atoms with Crippen molar-refractivity contribution in [2.24, 2.45) is 7.05 Å². The molecule has 5 rings (SSSR count). The van der Waals surface area contributed by atoms with Gasteiger partial charge in [-0.3, -0.25) is 9.58 Å². The lowest BCUT2D eigenvalue weighted by molar-refractivity contribution is -0.0441. The molecule has 1 aromatic heterocycles. The van der Waals surface area contributed by atoms with Crippen molar-refractivity contribution in [3.63, 3.8) is 0 Å². The number of nitrogens with zero attached hydrogens (tertiary/aromatic N) is 3. The average molecular weight is 377 g/mol. The van der Waals surface area contributed by atoms with Gasteiger partial charge in [0.15, 0.2) is 0 Å². The predicted octanol–water partition coefficient (Wildman–Crippen LogP) is 4.22. The number of hydrogen-bond acceptors (Lipinski definition) is 4. The number of rotatable bonds is 4. The van der Waals surface area contributed by atoms with Crippen LogP contribution in [-0.2, 0) is 11.8 Å². The molecule has 0 N–H and O–H groups in total. The average Bonchev–Trinajstić information content (AvgIpc) is 3.40. The Hall–Kier alpha value is -2.37. The van der Waals surface area contributed by atoms with E-state index in [2.05, 4.69) is 52.5 Å². The number of piperidine rings is 1. The number of likely N-dealkylation sites (tertiary alicyclic amines) is 1. The van der Waals surface area contributed by atoms with Crippen LogP contribution in [0, 0.1) is 0 Å². The highest BCUT2D eigenvalue weighted by molar-refractivity contribution is 5.84. The van der Waals surface area contributed by atoms with Gasteiger partial charge in [-0.1, -0.05) is 24.3 Å². The molecule has 2 aliphatic heterocycles. The molecule has 5 heteroatoms. The molecule has 0 spiro atoms. The number of ether oxygens (including phenoxy) is 2. The second kappa shape index (κ2) is 7.57. The lowest BCUT2D eigenvalue weighted by atomic mass is 10.0. The third-order valence-corrected chi connectivity index (χ3v) is 6.03. The Morgan fingerprint density at radius 3 is 2.54 bits per heavy atom. The number of aryl methyl sites for hydroxylation is 1. The third-order valence-electron chi connectivity index (χ3n) is 6.03. The first-order chi connectivity index (χ1) is 13.8. The van der Waals surface area contributed by atoms with E-state index >= 15 is 0 Å². The fourth-order valence-corrected chi connectivity index (χ4v) is 4.37. The van der Waals surface area contributed by atoms with Gasteiger partial charge in [0.1, 0.15) is 18.1 Å². The molecule has 0 aliphatic carbocycles. The van der Waals surface area contributed by atoms with Gasteiger partial charge in [-0.15, -0.1) is 0 Å². The third kappa shape index (κ3) is 3.52. The van der Waals surface area contributed by atoms with Gasteiger partial charge >= 0.3 is 0 Å². The fourth-order valence-electron chi connectivity index (χ4n) is 4.37. The van der Waals surface area contributed by atoms with Crippen LogP contribution >= 0.6 is 0 Å². The Morgan fingerprint density at radius 1 is 1.00 bits per heavy atom. The molecular weight excluding hydrogens is 350 g/mol. The van der Waals surface area contributed by atoms with Crippen molar-refractivity contribution in [2.75, 3.05) is 19.7 Å². The Bertz CT molecular complexity index is 936. The van der Waals surface area contributed by atoms with Gasteiger partial charge in [-0.2, -0.15) is 5.10 Å². The number of hydrogen-bond donors (Lipinski definition) is 0. The quantitative estimate of drug-likeness (QED) is 0.682. The lowest BCUT2D eigenvalue weighted by Crippen LogP contribution is -2.43. The van der Waals surface area contributed by atoms with E-state index in [1.165, 1.54) is 29.4 Å². The molecule has 1 unspecified atom stereocenters. The summed E-state index contributed by atoms with van der Waals surface area (Å²) in [6, 6.07) is 15.0. The minimum atomic E-state index is 0.300. The van der Waals surface area contributed by atoms with Crippen molar-refractivity contribution >= 4 is 10.9 Å². The Kier molecular flexibility index (Phi) is 4.79. The standard InChI is InChI=1S/C23H27N3O2/c1-25-22-15-18(4-5-19(22)16-24-25)17-6-8-20(9-7-17)28-21-10-12-26(13-11-21)23-3-2-14-27-23/h4-9,15-16,21,23H,2-3,10-14H2,1H3. The van der Waals surface area contributed by atoms with Crippen molar-refractivity contribution in [2.45, 2.75) is 38.0 Å².